The largest absolute Gasteiger partial charge is 0.507 e. The highest BCUT2D eigenvalue weighted by Crippen LogP contribution is 2.35. The summed E-state index contributed by atoms with van der Waals surface area (Å²) in [4.78, 5) is 89.5. The molecule has 9 N–H and O–H groups in total. The summed E-state index contributed by atoms with van der Waals surface area (Å²) in [6.07, 6.45) is -0.279. The second-order valence-corrected chi connectivity index (χ2v) is 33.9. The number of methoxy groups -OCH3 is 6. The van der Waals surface area contributed by atoms with Gasteiger partial charge in [0.15, 0.2) is 17.3 Å². The number of H-pyrrole nitrogens is 1. The van der Waals surface area contributed by atoms with E-state index in [-0.39, 0.29) is 53.2 Å². The van der Waals surface area contributed by atoms with Crippen LogP contribution in [0.5, 0.6) is 40.2 Å². The van der Waals surface area contributed by atoms with Crippen LogP contribution < -0.4 is 55.3 Å². The molecule has 0 atom stereocenters. The van der Waals surface area contributed by atoms with Gasteiger partial charge in [0.05, 0.1) is 97.2 Å². The summed E-state index contributed by atoms with van der Waals surface area (Å²) < 4.78 is 112. The number of phenols is 1. The van der Waals surface area contributed by atoms with Gasteiger partial charge < -0.3 is 82.7 Å². The van der Waals surface area contributed by atoms with Crippen LogP contribution in [0.4, 0.5) is 17.2 Å². The van der Waals surface area contributed by atoms with E-state index in [1.54, 1.807) is 173 Å². The lowest BCUT2D eigenvalue weighted by Gasteiger charge is -2.13. The smallest absolute Gasteiger partial charge is 0.313 e. The molecule has 0 spiro atoms. The topological polar surface area (TPSA) is 490 Å². The number of ketones is 3. The van der Waals surface area contributed by atoms with Crippen molar-refractivity contribution >= 4 is 83.8 Å². The van der Waals surface area contributed by atoms with Gasteiger partial charge in [-0.25, -0.2) is 62.0 Å². The molecule has 0 unspecified atom stereocenters. The van der Waals surface area contributed by atoms with Crippen molar-refractivity contribution in [3.8, 4) is 85.3 Å². The number of aryl methyl sites for hydroxylation is 4. The number of sulfonamides is 2. The van der Waals surface area contributed by atoms with Crippen LogP contribution in [0.1, 0.15) is 92.7 Å². The number of carbonyl (C=O) groups excluding carboxylic acids is 4. The molecule has 13 rings (SSSR count). The molecule has 39 heteroatoms. The van der Waals surface area contributed by atoms with Gasteiger partial charge in [0.1, 0.15) is 126 Å². The number of aromatic nitrogens is 8. The van der Waals surface area contributed by atoms with Gasteiger partial charge in [0.25, 0.3) is 5.56 Å². The monoisotopic (exact) mass is 2030 g/mol. The van der Waals surface area contributed by atoms with Crippen LogP contribution in [0.15, 0.2) is 247 Å². The first-order chi connectivity index (χ1) is 68.1. The molecule has 0 fully saturated rings. The fraction of sp³-hybridized carbons (Fsp3) is 0.282. The van der Waals surface area contributed by atoms with Crippen molar-refractivity contribution in [3.05, 3.63) is 314 Å². The van der Waals surface area contributed by atoms with E-state index in [1.807, 2.05) is 135 Å². The van der Waals surface area contributed by atoms with Crippen LogP contribution in [-0.4, -0.2) is 214 Å². The van der Waals surface area contributed by atoms with E-state index in [0.717, 1.165) is 45.1 Å². The lowest BCUT2D eigenvalue weighted by atomic mass is 10.1. The van der Waals surface area contributed by atoms with Gasteiger partial charge in [0.2, 0.25) is 20.0 Å². The molecule has 142 heavy (non-hydrogen) atoms. The number of para-hydroxylation sites is 7. The number of esters is 1. The average molecular weight is 2030 g/mol. The normalized spacial score (nSPS) is 10.5. The van der Waals surface area contributed by atoms with Crippen LogP contribution in [0.2, 0.25) is 10.3 Å². The van der Waals surface area contributed by atoms with Gasteiger partial charge in [-0.15, -0.1) is 0 Å². The van der Waals surface area contributed by atoms with Crippen molar-refractivity contribution in [1.29, 1.82) is 0 Å². The lowest BCUT2D eigenvalue weighted by Crippen LogP contribution is -2.14. The van der Waals surface area contributed by atoms with Gasteiger partial charge >= 0.3 is 5.97 Å². The summed E-state index contributed by atoms with van der Waals surface area (Å²) in [5.41, 5.74) is 15.3. The Labute approximate surface area is 837 Å². The minimum Gasteiger partial charge on any atom is -0.507 e. The van der Waals surface area contributed by atoms with Gasteiger partial charge in [-0.3, -0.25) is 24.0 Å². The van der Waals surface area contributed by atoms with Gasteiger partial charge in [0, 0.05) is 101 Å². The van der Waals surface area contributed by atoms with E-state index >= 15 is 0 Å². The van der Waals surface area contributed by atoms with E-state index < -0.39 is 26.0 Å². The number of Topliss-reactive ketones (excluding diaryl/α,β-unsaturated/α-hetero) is 3. The van der Waals surface area contributed by atoms with Crippen LogP contribution in [0, 0.1) is 27.7 Å². The summed E-state index contributed by atoms with van der Waals surface area (Å²) in [6.45, 7) is 17.8. The molecule has 0 saturated heterocycles. The third kappa shape index (κ3) is 44.6. The Kier molecular flexibility index (Phi) is 52.2. The molecule has 0 aliphatic carbocycles. The Hall–Kier alpha value is -14.1. The number of benzene rings is 9. The van der Waals surface area contributed by atoms with Crippen molar-refractivity contribution in [3.63, 3.8) is 0 Å². The maximum absolute atomic E-state index is 12.0. The average Bonchev–Trinajstić information content (AvgIpc) is 0.825. The molecule has 13 aromatic rings. The fourth-order valence-corrected chi connectivity index (χ4v) is 14.1. The summed E-state index contributed by atoms with van der Waals surface area (Å²) in [5.74, 6) is 5.70. The second kappa shape index (κ2) is 63.6. The van der Waals surface area contributed by atoms with E-state index in [0.29, 0.717) is 192 Å². The summed E-state index contributed by atoms with van der Waals surface area (Å²) in [6, 6.07) is 71.4. The molecular formula is C103H120Cl2N12O23S2. The number of nitrogens with one attached hydrogen (secondary N) is 2. The van der Waals surface area contributed by atoms with E-state index in [9.17, 15) is 40.8 Å². The zero-order valence-electron chi connectivity index (χ0n) is 81.3. The predicted octanol–water partition coefficient (Wildman–Crippen LogP) is 16.5. The molecule has 4 heterocycles. The Balaban J connectivity index is 0.000000253. The molecule has 0 bridgehead atoms. The van der Waals surface area contributed by atoms with Gasteiger partial charge in [-0.1, -0.05) is 132 Å². The molecule has 0 amide bonds. The van der Waals surface area contributed by atoms with Crippen LogP contribution in [0.3, 0.4) is 0 Å². The number of nitrogen functional groups attached to an aromatic ring is 1. The number of carbonyl (C=O) groups is 4. The first-order valence-corrected chi connectivity index (χ1v) is 48.2. The maximum Gasteiger partial charge on any atom is 0.313 e. The SMILES string of the molecule is CC(=O)c1ccccc1O.CCOC(=O)CC(=O)c1ccccc1OCCOC.COCCOc1ccccc1-c1cc(=O)[nH]c(C)n1.COCCOc1ccccc1-c1cc(Cl)nc(C)n1.COCCOc1ccccc1-c1cc(Cl)nc(C)n1.COCCOc1ccccc1-c1cc(Nc2cccc(CS(N)(=O)=O)c2)nc(C)n1.COCCOc1ccccc1C(C)=O.Nc1cccc(CS(N)(=O)=O)c1. The zero-order chi connectivity index (χ0) is 104. The fourth-order valence-electron chi connectivity index (χ4n) is 12.4. The Morgan fingerprint density at radius 2 is 0.725 bits per heavy atom. The minimum absolute atomic E-state index is 0.0121. The molecule has 0 saturated carbocycles. The third-order valence-electron chi connectivity index (χ3n) is 18.5. The maximum atomic E-state index is 12.0. The Morgan fingerprint density at radius 1 is 0.387 bits per heavy atom. The molecular weight excluding hydrogens is 1910 g/mol. The summed E-state index contributed by atoms with van der Waals surface area (Å²) in [7, 11) is 2.65. The van der Waals surface area contributed by atoms with Crippen molar-refractivity contribution in [1.82, 2.24) is 39.9 Å². The highest BCUT2D eigenvalue weighted by atomic mass is 35.5. The number of hydrogen-bond acceptors (Lipinski definition) is 32. The van der Waals surface area contributed by atoms with Crippen LogP contribution in [0.25, 0.3) is 45.0 Å². The molecule has 9 aromatic carbocycles. The van der Waals surface area contributed by atoms with E-state index in [2.05, 4.69) is 45.2 Å². The predicted molar refractivity (Wildman–Crippen MR) is 547 cm³/mol. The summed E-state index contributed by atoms with van der Waals surface area (Å²) >= 11 is 11.9. The Bertz CT molecular complexity index is 6310. The van der Waals surface area contributed by atoms with Crippen molar-refractivity contribution in [2.24, 2.45) is 10.3 Å². The molecule has 35 nitrogen and oxygen atoms in total. The molecule has 0 radical (unpaired) electrons. The number of aromatic hydroxyl groups is 1. The van der Waals surface area contributed by atoms with Crippen molar-refractivity contribution < 1.29 is 103 Å². The molecule has 756 valence electrons. The number of primary sulfonamides is 2. The van der Waals surface area contributed by atoms with Gasteiger partial charge in [-0.05, 0) is 169 Å². The number of rotatable bonds is 40. The first-order valence-electron chi connectivity index (χ1n) is 44.0. The standard InChI is InChI=1S/C21H24N4O4S.2C14H15ClN2O2.C14H16N2O3.C14H18O5.C11H14O3.C8H8O2.C7H10N2O2S/c1-15-23-19(18-8-3-4-9-20(18)29-11-10-28-2)13-21(24-15)25-17-7-5-6-16(12-17)14-30(22,26)27;2*1-10-16-12(9-14(15)17-10)11-5-3-4-6-13(11)19-8-7-18-2;1-10-15-12(9-14(17)16-10)11-5-3-4-6-13(11)19-8-7-18-2;1-3-18-14(16)10-12(15)11-6-4-5-7-13(11)19-9-8-17-2;1-9(12)10-5-3-4-6-11(10)14-8-7-13-2;1-6(9)7-4-2-3-5-8(7)10;8-7-3-1-2-6(4-7)5-12(9,10)11/h3-9,12-13H,10-11,14H2,1-2H3,(H2,22,26,27)(H,23,24,25);2*3-6,9H,7-8H2,1-2H3;3-6,9H,7-8H2,1-2H3,(H,15,16,17);4-7H,3,8-10H2,1-2H3;3-6H,7-8H2,1-2H3;2-5,10H,1H3;1-4H,5,8H2,(H2,9,10,11). The number of nitrogens with two attached hydrogens (primary N) is 3. The van der Waals surface area contributed by atoms with Gasteiger partial charge in [-0.2, -0.15) is 0 Å². The third-order valence-corrected chi connectivity index (χ3v) is 20.3. The number of anilines is 3. The van der Waals surface area contributed by atoms with Crippen molar-refractivity contribution in [2.45, 2.75) is 66.4 Å². The lowest BCUT2D eigenvalue weighted by molar-refractivity contribution is -0.142. The highest BCUT2D eigenvalue weighted by Gasteiger charge is 2.20. The van der Waals surface area contributed by atoms with Crippen LogP contribution in [-0.2, 0) is 69.5 Å². The number of phenolic OH excluding ortho intramolecular Hbond substituents is 1. The number of nitrogens with zero attached hydrogens (tertiary/aromatic N) is 7. The number of aromatic amines is 1. The van der Waals surface area contributed by atoms with E-state index in [1.165, 1.54) is 26.0 Å². The molecule has 0 aliphatic heterocycles. The molecule has 4 aromatic heterocycles. The minimum atomic E-state index is -3.61. The van der Waals surface area contributed by atoms with E-state index in [4.69, 9.17) is 106 Å². The van der Waals surface area contributed by atoms with Crippen molar-refractivity contribution in [2.75, 3.05) is 140 Å². The number of hydrogen-bond donors (Lipinski definition) is 6. The summed E-state index contributed by atoms with van der Waals surface area (Å²) in [5, 5.41) is 23.1. The number of halogens is 2. The Morgan fingerprint density at radius 3 is 1.09 bits per heavy atom. The second-order valence-electron chi connectivity index (χ2n) is 29.9. The zero-order valence-corrected chi connectivity index (χ0v) is 84.4. The van der Waals surface area contributed by atoms with Crippen LogP contribution >= 0.6 is 23.2 Å². The molecule has 0 aliphatic rings. The number of ether oxygens (including phenoxy) is 13. The quantitative estimate of drug-likeness (QED) is 0.00519. The first kappa shape index (κ1) is 117. The highest BCUT2D eigenvalue weighted by molar-refractivity contribution is 7.88.